The zero-order valence-electron chi connectivity index (χ0n) is 23.8. The van der Waals surface area contributed by atoms with Crippen molar-refractivity contribution >= 4 is 69.7 Å². The van der Waals surface area contributed by atoms with E-state index in [0.717, 1.165) is 22.2 Å². The fourth-order valence-corrected chi connectivity index (χ4v) is 5.89. The van der Waals surface area contributed by atoms with Crippen LogP contribution in [0.5, 0.6) is 5.75 Å². The number of thioether (sulfide) groups is 2. The molecule has 1 aromatic heterocycles. The van der Waals surface area contributed by atoms with Crippen LogP contribution in [0.4, 0.5) is 10.8 Å². The first-order valence-electron chi connectivity index (χ1n) is 13.5. The number of hydrogen-bond acceptors (Lipinski definition) is 9. The highest BCUT2D eigenvalue weighted by atomic mass is 32.2. The molecule has 1 unspecified atom stereocenters. The third-order valence-corrected chi connectivity index (χ3v) is 8.29. The number of ether oxygens (including phenoxy) is 1. The second-order valence-electron chi connectivity index (χ2n) is 8.93. The van der Waals surface area contributed by atoms with Crippen molar-refractivity contribution in [3.63, 3.8) is 0 Å². The molecule has 0 bridgehead atoms. The van der Waals surface area contributed by atoms with Crippen LogP contribution in [-0.4, -0.2) is 44.7 Å². The van der Waals surface area contributed by atoms with Crippen molar-refractivity contribution in [1.29, 1.82) is 0 Å². The van der Waals surface area contributed by atoms with Gasteiger partial charge in [-0.1, -0.05) is 55.1 Å². The molecule has 43 heavy (non-hydrogen) atoms. The zero-order chi connectivity index (χ0) is 30.6. The Hall–Kier alpha value is -4.13. The normalized spacial score (nSPS) is 11.8. The van der Waals surface area contributed by atoms with E-state index in [1.807, 2.05) is 38.1 Å². The lowest BCUT2D eigenvalue weighted by atomic mass is 10.1. The van der Waals surface area contributed by atoms with Gasteiger partial charge < -0.3 is 15.4 Å². The van der Waals surface area contributed by atoms with Crippen molar-refractivity contribution in [2.75, 3.05) is 23.0 Å². The lowest BCUT2D eigenvalue weighted by Gasteiger charge is -2.13. The lowest BCUT2D eigenvalue weighted by molar-refractivity contribution is -0.115. The van der Waals surface area contributed by atoms with Crippen molar-refractivity contribution in [3.8, 4) is 5.75 Å². The summed E-state index contributed by atoms with van der Waals surface area (Å²) in [6, 6.07) is 23.1. The van der Waals surface area contributed by atoms with Gasteiger partial charge in [0.1, 0.15) is 11.4 Å². The van der Waals surface area contributed by atoms with Gasteiger partial charge in [-0.05, 0) is 73.7 Å². The SMILES string of the molecule is CCOc1ccc(/C=C(/NC(=O)c2ccccc2)C(=O)Nc2cccc(SC(C)C(=O)Nc3nc(SCC)ns3)c2)cc1. The molecule has 0 aliphatic rings. The van der Waals surface area contributed by atoms with Crippen LogP contribution >= 0.6 is 35.1 Å². The highest BCUT2D eigenvalue weighted by Crippen LogP contribution is 2.28. The van der Waals surface area contributed by atoms with Crippen LogP contribution < -0.4 is 20.7 Å². The topological polar surface area (TPSA) is 122 Å². The van der Waals surface area contributed by atoms with E-state index in [2.05, 4.69) is 25.3 Å². The van der Waals surface area contributed by atoms with Gasteiger partial charge in [0.15, 0.2) is 0 Å². The molecule has 0 saturated heterocycles. The molecule has 1 heterocycles. The first-order chi connectivity index (χ1) is 20.8. The Morgan fingerprint density at radius 2 is 1.74 bits per heavy atom. The monoisotopic (exact) mass is 633 g/mol. The van der Waals surface area contributed by atoms with Gasteiger partial charge in [0.25, 0.3) is 11.8 Å². The van der Waals surface area contributed by atoms with E-state index >= 15 is 0 Å². The molecule has 222 valence electrons. The van der Waals surface area contributed by atoms with E-state index in [9.17, 15) is 14.4 Å². The number of aromatic nitrogens is 2. The second-order valence-corrected chi connectivity index (χ2v) is 12.3. The summed E-state index contributed by atoms with van der Waals surface area (Å²) < 4.78 is 9.73. The fraction of sp³-hybridized carbons (Fsp3) is 0.194. The highest BCUT2D eigenvalue weighted by molar-refractivity contribution is 8.00. The van der Waals surface area contributed by atoms with Gasteiger partial charge in [0.05, 0.1) is 11.9 Å². The smallest absolute Gasteiger partial charge is 0.272 e. The Morgan fingerprint density at radius 3 is 2.47 bits per heavy atom. The van der Waals surface area contributed by atoms with Crippen LogP contribution in [-0.2, 0) is 9.59 Å². The summed E-state index contributed by atoms with van der Waals surface area (Å²) in [7, 11) is 0. The predicted octanol–water partition coefficient (Wildman–Crippen LogP) is 6.58. The van der Waals surface area contributed by atoms with Gasteiger partial charge in [-0.3, -0.25) is 19.7 Å². The third-order valence-electron chi connectivity index (χ3n) is 5.72. The molecule has 9 nitrogen and oxygen atoms in total. The van der Waals surface area contributed by atoms with Crippen LogP contribution in [0.15, 0.2) is 94.6 Å². The number of carbonyl (C=O) groups is 3. The number of rotatable bonds is 13. The summed E-state index contributed by atoms with van der Waals surface area (Å²) in [5.41, 5.74) is 1.72. The largest absolute Gasteiger partial charge is 0.494 e. The summed E-state index contributed by atoms with van der Waals surface area (Å²) in [4.78, 5) is 44.2. The first-order valence-corrected chi connectivity index (χ1v) is 16.1. The van der Waals surface area contributed by atoms with Crippen molar-refractivity contribution in [2.45, 2.75) is 36.1 Å². The molecule has 3 amide bonds. The molecular weight excluding hydrogens is 603 g/mol. The molecule has 0 aliphatic carbocycles. The van der Waals surface area contributed by atoms with Gasteiger partial charge in [-0.15, -0.1) is 11.8 Å². The predicted molar refractivity (Wildman–Crippen MR) is 175 cm³/mol. The number of carbonyl (C=O) groups excluding carboxylic acids is 3. The summed E-state index contributed by atoms with van der Waals surface area (Å²) >= 11 is 4.00. The van der Waals surface area contributed by atoms with Crippen LogP contribution in [0.25, 0.3) is 6.08 Å². The molecule has 12 heteroatoms. The standard InChI is InChI=1S/C31H31N5O4S3/c1-4-40-24-16-14-21(15-17-24)18-26(33-28(38)22-10-7-6-8-11-22)29(39)32-23-12-9-13-25(19-23)42-20(3)27(37)34-30-35-31(36-43-30)41-5-2/h6-20H,4-5H2,1-3H3,(H,32,39)(H,33,38)(H,34,35,36,37)/b26-18+. The van der Waals surface area contributed by atoms with Crippen LogP contribution in [0.2, 0.25) is 0 Å². The lowest BCUT2D eigenvalue weighted by Crippen LogP contribution is -2.30. The van der Waals surface area contributed by atoms with Crippen LogP contribution in [0.1, 0.15) is 36.7 Å². The van der Waals surface area contributed by atoms with Gasteiger partial charge in [-0.25, -0.2) is 0 Å². The van der Waals surface area contributed by atoms with Gasteiger partial charge >= 0.3 is 0 Å². The number of hydrogen-bond donors (Lipinski definition) is 3. The molecule has 0 fully saturated rings. The Labute approximate surface area is 263 Å². The van der Waals surface area contributed by atoms with Gasteiger partial charge in [0, 0.05) is 27.7 Å². The average Bonchev–Trinajstić information content (AvgIpc) is 3.45. The molecular formula is C31H31N5O4S3. The van der Waals surface area contributed by atoms with Crippen molar-refractivity contribution in [3.05, 3.63) is 95.7 Å². The second kappa shape index (κ2) is 15.9. The minimum Gasteiger partial charge on any atom is -0.494 e. The Kier molecular flexibility index (Phi) is 11.8. The van der Waals surface area contributed by atoms with Gasteiger partial charge in [0.2, 0.25) is 16.2 Å². The Bertz CT molecular complexity index is 1580. The molecule has 0 aliphatic heterocycles. The van der Waals surface area contributed by atoms with Crippen molar-refractivity contribution in [2.24, 2.45) is 0 Å². The van der Waals surface area contributed by atoms with E-state index in [1.54, 1.807) is 67.6 Å². The number of anilines is 2. The molecule has 0 saturated carbocycles. The van der Waals surface area contributed by atoms with E-state index in [4.69, 9.17) is 4.74 Å². The molecule has 3 N–H and O–H groups in total. The number of benzene rings is 3. The molecule has 0 spiro atoms. The molecule has 1 atom stereocenters. The zero-order valence-corrected chi connectivity index (χ0v) is 26.3. The molecule has 4 rings (SSSR count). The van der Waals surface area contributed by atoms with E-state index in [0.29, 0.717) is 39.5 Å². The van der Waals surface area contributed by atoms with E-state index in [-0.39, 0.29) is 11.6 Å². The third kappa shape index (κ3) is 9.70. The number of nitrogens with one attached hydrogen (secondary N) is 3. The number of nitrogens with zero attached hydrogens (tertiary/aromatic N) is 2. The number of amides is 3. The van der Waals surface area contributed by atoms with E-state index in [1.165, 1.54) is 23.5 Å². The first kappa shape index (κ1) is 31.8. The summed E-state index contributed by atoms with van der Waals surface area (Å²) in [5.74, 6) is 0.449. The van der Waals surface area contributed by atoms with E-state index < -0.39 is 17.1 Å². The maximum atomic E-state index is 13.4. The fourth-order valence-electron chi connectivity index (χ4n) is 3.69. The van der Waals surface area contributed by atoms with Crippen molar-refractivity contribution < 1.29 is 19.1 Å². The maximum absolute atomic E-state index is 13.4. The maximum Gasteiger partial charge on any atom is 0.272 e. The highest BCUT2D eigenvalue weighted by Gasteiger charge is 2.18. The minimum atomic E-state index is -0.497. The Balaban J connectivity index is 1.46. The van der Waals surface area contributed by atoms with Crippen LogP contribution in [0, 0.1) is 0 Å². The summed E-state index contributed by atoms with van der Waals surface area (Å²) in [5, 5.41) is 9.09. The molecule has 0 radical (unpaired) electrons. The van der Waals surface area contributed by atoms with Gasteiger partial charge in [-0.2, -0.15) is 9.36 Å². The average molecular weight is 634 g/mol. The van der Waals surface area contributed by atoms with Crippen molar-refractivity contribution in [1.82, 2.24) is 14.7 Å². The summed E-state index contributed by atoms with van der Waals surface area (Å²) in [6.07, 6.45) is 1.61. The Morgan fingerprint density at radius 1 is 0.977 bits per heavy atom. The molecule has 3 aromatic carbocycles. The quantitative estimate of drug-likeness (QED) is 0.112. The minimum absolute atomic E-state index is 0.0708. The summed E-state index contributed by atoms with van der Waals surface area (Å²) in [6.45, 7) is 6.25. The molecule has 4 aromatic rings. The van der Waals surface area contributed by atoms with Crippen LogP contribution in [0.3, 0.4) is 0 Å².